The molecule has 0 bridgehead atoms. The number of rotatable bonds is 2. The van der Waals surface area contributed by atoms with Crippen LogP contribution in [0.3, 0.4) is 0 Å². The fraction of sp³-hybridized carbons (Fsp3) is 0.250. The second-order valence-corrected chi connectivity index (χ2v) is 6.03. The van der Waals surface area contributed by atoms with Crippen LogP contribution in [-0.4, -0.2) is 10.9 Å². The molecule has 4 heteroatoms. The summed E-state index contributed by atoms with van der Waals surface area (Å²) in [4.78, 5) is 16.5. The van der Waals surface area contributed by atoms with Gasteiger partial charge in [-0.05, 0) is 77.0 Å². The predicted octanol–water partition coefficient (Wildman–Crippen LogP) is 3.89. The molecule has 0 spiro atoms. The third kappa shape index (κ3) is 2.61. The quantitative estimate of drug-likeness (QED) is 0.907. The summed E-state index contributed by atoms with van der Waals surface area (Å²) < 4.78 is 0.908. The molecule has 0 atom stereocenters. The van der Waals surface area contributed by atoms with Crippen molar-refractivity contribution in [1.29, 1.82) is 0 Å². The molecule has 1 N–H and O–H groups in total. The zero-order chi connectivity index (χ0) is 14.1. The van der Waals surface area contributed by atoms with Gasteiger partial charge in [-0.25, -0.2) is 4.98 Å². The van der Waals surface area contributed by atoms with Crippen LogP contribution >= 0.6 is 15.9 Å². The van der Waals surface area contributed by atoms with Crippen LogP contribution in [0.25, 0.3) is 0 Å². The summed E-state index contributed by atoms with van der Waals surface area (Å²) in [6.07, 6.45) is 5.08. The molecule has 1 heterocycles. The second-order valence-electron chi connectivity index (χ2n) is 5.11. The number of benzene rings is 1. The maximum Gasteiger partial charge on any atom is 0.256 e. The van der Waals surface area contributed by atoms with E-state index in [0.29, 0.717) is 11.4 Å². The number of hydrogen-bond acceptors (Lipinski definition) is 2. The Bertz CT molecular complexity index is 682. The van der Waals surface area contributed by atoms with Crippen molar-refractivity contribution in [2.45, 2.75) is 26.2 Å². The van der Waals surface area contributed by atoms with Gasteiger partial charge in [0, 0.05) is 16.2 Å². The van der Waals surface area contributed by atoms with Gasteiger partial charge in [-0.2, -0.15) is 0 Å². The molecule has 0 saturated heterocycles. The number of fused-ring (bicyclic) bond motifs is 1. The summed E-state index contributed by atoms with van der Waals surface area (Å²) in [6.45, 7) is 1.93. The molecule has 0 aliphatic heterocycles. The number of aromatic nitrogens is 1. The summed E-state index contributed by atoms with van der Waals surface area (Å²) in [7, 11) is 0. The molecule has 1 aromatic heterocycles. The van der Waals surface area contributed by atoms with Crippen molar-refractivity contribution in [2.75, 3.05) is 5.32 Å². The lowest BCUT2D eigenvalue weighted by molar-refractivity contribution is 0.102. The molecule has 0 unspecified atom stereocenters. The van der Waals surface area contributed by atoms with E-state index in [0.717, 1.165) is 22.9 Å². The molecule has 0 saturated carbocycles. The van der Waals surface area contributed by atoms with E-state index in [1.54, 1.807) is 6.20 Å². The van der Waals surface area contributed by atoms with Gasteiger partial charge in [0.2, 0.25) is 0 Å². The summed E-state index contributed by atoms with van der Waals surface area (Å²) in [5.41, 5.74) is 4.32. The Morgan fingerprint density at radius 1 is 1.25 bits per heavy atom. The maximum atomic E-state index is 12.3. The van der Waals surface area contributed by atoms with Crippen molar-refractivity contribution in [3.63, 3.8) is 0 Å². The first-order valence-electron chi connectivity index (χ1n) is 6.69. The molecule has 2 aromatic rings. The van der Waals surface area contributed by atoms with Crippen LogP contribution in [0.15, 0.2) is 34.9 Å². The zero-order valence-corrected chi connectivity index (χ0v) is 12.8. The van der Waals surface area contributed by atoms with E-state index in [4.69, 9.17) is 0 Å². The van der Waals surface area contributed by atoms with E-state index in [9.17, 15) is 4.79 Å². The molecule has 1 aromatic carbocycles. The van der Waals surface area contributed by atoms with Gasteiger partial charge in [0.25, 0.3) is 5.91 Å². The van der Waals surface area contributed by atoms with Crippen LogP contribution in [0.1, 0.15) is 33.5 Å². The van der Waals surface area contributed by atoms with Gasteiger partial charge in [0.15, 0.2) is 0 Å². The summed E-state index contributed by atoms with van der Waals surface area (Å²) in [5, 5.41) is 2.87. The fourth-order valence-electron chi connectivity index (χ4n) is 2.56. The van der Waals surface area contributed by atoms with E-state index in [1.165, 1.54) is 17.5 Å². The molecule has 1 amide bonds. The summed E-state index contributed by atoms with van der Waals surface area (Å²) in [5.74, 6) is 0.510. The van der Waals surface area contributed by atoms with E-state index >= 15 is 0 Å². The highest BCUT2D eigenvalue weighted by Crippen LogP contribution is 2.23. The van der Waals surface area contributed by atoms with Crippen molar-refractivity contribution >= 4 is 27.7 Å². The average molecular weight is 331 g/mol. The number of anilines is 1. The Balaban J connectivity index is 1.82. The lowest BCUT2D eigenvalue weighted by Gasteiger charge is -2.09. The first-order valence-corrected chi connectivity index (χ1v) is 7.48. The Kier molecular flexibility index (Phi) is 3.57. The SMILES string of the molecule is Cc1cc(Br)cnc1NC(=O)c1ccc2c(c1)CCC2. The third-order valence-electron chi connectivity index (χ3n) is 3.64. The van der Waals surface area contributed by atoms with E-state index in [1.807, 2.05) is 25.1 Å². The summed E-state index contributed by atoms with van der Waals surface area (Å²) >= 11 is 3.37. The van der Waals surface area contributed by atoms with Gasteiger partial charge in [0.05, 0.1) is 0 Å². The Morgan fingerprint density at radius 2 is 2.05 bits per heavy atom. The van der Waals surface area contributed by atoms with Gasteiger partial charge in [0.1, 0.15) is 5.82 Å². The predicted molar refractivity (Wildman–Crippen MR) is 83.1 cm³/mol. The van der Waals surface area contributed by atoms with Crippen LogP contribution in [-0.2, 0) is 12.8 Å². The Labute approximate surface area is 126 Å². The molecule has 20 heavy (non-hydrogen) atoms. The van der Waals surface area contributed by atoms with Gasteiger partial charge >= 0.3 is 0 Å². The minimum Gasteiger partial charge on any atom is -0.306 e. The highest BCUT2D eigenvalue weighted by atomic mass is 79.9. The van der Waals surface area contributed by atoms with Crippen LogP contribution in [0, 0.1) is 6.92 Å². The number of pyridine rings is 1. The molecule has 1 aliphatic rings. The Hall–Kier alpha value is -1.68. The zero-order valence-electron chi connectivity index (χ0n) is 11.2. The highest BCUT2D eigenvalue weighted by Gasteiger charge is 2.14. The van der Waals surface area contributed by atoms with E-state index < -0.39 is 0 Å². The molecule has 3 nitrogen and oxygen atoms in total. The number of aryl methyl sites for hydroxylation is 3. The average Bonchev–Trinajstić information content (AvgIpc) is 2.89. The van der Waals surface area contributed by atoms with Gasteiger partial charge in [-0.15, -0.1) is 0 Å². The maximum absolute atomic E-state index is 12.3. The minimum atomic E-state index is -0.0994. The fourth-order valence-corrected chi connectivity index (χ4v) is 3.01. The molecule has 3 rings (SSSR count). The molecular formula is C16H15BrN2O. The van der Waals surface area contributed by atoms with Gasteiger partial charge in [-0.3, -0.25) is 4.79 Å². The van der Waals surface area contributed by atoms with E-state index in [-0.39, 0.29) is 5.91 Å². The second kappa shape index (κ2) is 5.37. The van der Waals surface area contributed by atoms with Crippen molar-refractivity contribution in [1.82, 2.24) is 4.98 Å². The van der Waals surface area contributed by atoms with Crippen molar-refractivity contribution in [3.05, 3.63) is 57.2 Å². The largest absolute Gasteiger partial charge is 0.306 e. The van der Waals surface area contributed by atoms with Crippen LogP contribution in [0.2, 0.25) is 0 Å². The minimum absolute atomic E-state index is 0.0994. The van der Waals surface area contributed by atoms with Crippen molar-refractivity contribution in [3.8, 4) is 0 Å². The number of hydrogen-bond donors (Lipinski definition) is 1. The van der Waals surface area contributed by atoms with Gasteiger partial charge in [-0.1, -0.05) is 6.07 Å². The lowest BCUT2D eigenvalue weighted by Crippen LogP contribution is -2.14. The van der Waals surface area contributed by atoms with Crippen molar-refractivity contribution in [2.24, 2.45) is 0 Å². The number of carbonyl (C=O) groups is 1. The van der Waals surface area contributed by atoms with Crippen LogP contribution in [0.5, 0.6) is 0 Å². The number of nitrogens with zero attached hydrogens (tertiary/aromatic N) is 1. The smallest absolute Gasteiger partial charge is 0.256 e. The lowest BCUT2D eigenvalue weighted by atomic mass is 10.1. The molecule has 102 valence electrons. The number of halogens is 1. The summed E-state index contributed by atoms with van der Waals surface area (Å²) in [6, 6.07) is 7.91. The first kappa shape index (κ1) is 13.3. The van der Waals surface area contributed by atoms with E-state index in [2.05, 4.69) is 32.3 Å². The molecular weight excluding hydrogens is 316 g/mol. The molecule has 0 fully saturated rings. The monoisotopic (exact) mass is 330 g/mol. The van der Waals surface area contributed by atoms with Crippen LogP contribution < -0.4 is 5.32 Å². The number of amides is 1. The Morgan fingerprint density at radius 3 is 2.85 bits per heavy atom. The van der Waals surface area contributed by atoms with Gasteiger partial charge < -0.3 is 5.32 Å². The molecule has 0 radical (unpaired) electrons. The first-order chi connectivity index (χ1) is 9.63. The standard InChI is InChI=1S/C16H15BrN2O/c1-10-7-14(17)9-18-15(10)19-16(20)13-6-5-11-3-2-4-12(11)8-13/h5-9H,2-4H2,1H3,(H,18,19,20). The highest BCUT2D eigenvalue weighted by molar-refractivity contribution is 9.10. The molecule has 1 aliphatic carbocycles. The number of nitrogens with one attached hydrogen (secondary N) is 1. The topological polar surface area (TPSA) is 42.0 Å². The normalized spacial score (nSPS) is 13.1. The van der Waals surface area contributed by atoms with Crippen molar-refractivity contribution < 1.29 is 4.79 Å². The third-order valence-corrected chi connectivity index (χ3v) is 4.07. The van der Waals surface area contributed by atoms with Crippen LogP contribution in [0.4, 0.5) is 5.82 Å². The number of carbonyl (C=O) groups excluding carboxylic acids is 1.